The number of carbonyl (C=O) groups is 1. The lowest BCUT2D eigenvalue weighted by atomic mass is 9.75. The minimum absolute atomic E-state index is 0.194. The van der Waals surface area contributed by atoms with Crippen molar-refractivity contribution >= 4 is 29.0 Å². The molecule has 0 fully saturated rings. The van der Waals surface area contributed by atoms with Crippen LogP contribution in [0.1, 0.15) is 29.0 Å². The Bertz CT molecular complexity index is 644. The lowest BCUT2D eigenvalue weighted by Gasteiger charge is -2.29. The van der Waals surface area contributed by atoms with Gasteiger partial charge in [0.25, 0.3) is 0 Å². The van der Waals surface area contributed by atoms with E-state index in [1.807, 2.05) is 12.1 Å². The van der Waals surface area contributed by atoms with Crippen molar-refractivity contribution in [3.8, 4) is 0 Å². The van der Waals surface area contributed by atoms with Gasteiger partial charge in [0, 0.05) is 22.9 Å². The van der Waals surface area contributed by atoms with E-state index in [2.05, 4.69) is 12.1 Å². The zero-order valence-corrected chi connectivity index (χ0v) is 12.4. The maximum atomic E-state index is 12.2. The molecule has 1 aliphatic rings. The molecule has 3 heteroatoms. The van der Waals surface area contributed by atoms with Gasteiger partial charge in [-0.3, -0.25) is 4.79 Å². The molecule has 0 aromatic heterocycles. The van der Waals surface area contributed by atoms with Gasteiger partial charge in [-0.05, 0) is 41.2 Å². The summed E-state index contributed by atoms with van der Waals surface area (Å²) in [6.45, 7) is 0. The van der Waals surface area contributed by atoms with Crippen molar-refractivity contribution in [1.82, 2.24) is 0 Å². The predicted molar refractivity (Wildman–Crippen MR) is 82.7 cm³/mol. The largest absolute Gasteiger partial charge is 0.299 e. The van der Waals surface area contributed by atoms with Gasteiger partial charge in [-0.2, -0.15) is 0 Å². The SMILES string of the molecule is O=C(Cc1c(Cl)cccc1Cl)CC1Cc2ccccc21. The Morgan fingerprint density at radius 2 is 1.75 bits per heavy atom. The van der Waals surface area contributed by atoms with Crippen LogP contribution in [0.2, 0.25) is 10.0 Å². The molecule has 0 amide bonds. The normalized spacial score (nSPS) is 16.4. The summed E-state index contributed by atoms with van der Waals surface area (Å²) >= 11 is 12.2. The molecule has 0 spiro atoms. The van der Waals surface area contributed by atoms with Crippen molar-refractivity contribution < 1.29 is 4.79 Å². The van der Waals surface area contributed by atoms with E-state index >= 15 is 0 Å². The van der Waals surface area contributed by atoms with E-state index in [1.54, 1.807) is 18.2 Å². The zero-order chi connectivity index (χ0) is 14.1. The first-order valence-electron chi connectivity index (χ1n) is 6.67. The van der Waals surface area contributed by atoms with E-state index in [4.69, 9.17) is 23.2 Å². The number of Topliss-reactive ketones (excluding diaryl/α,β-unsaturated/α-hetero) is 1. The summed E-state index contributed by atoms with van der Waals surface area (Å²) in [7, 11) is 0. The molecule has 1 nitrogen and oxygen atoms in total. The fourth-order valence-electron chi connectivity index (χ4n) is 2.79. The van der Waals surface area contributed by atoms with Gasteiger partial charge in [0.05, 0.1) is 0 Å². The molecule has 0 radical (unpaired) electrons. The van der Waals surface area contributed by atoms with Crippen LogP contribution >= 0.6 is 23.2 Å². The molecule has 0 aliphatic heterocycles. The van der Waals surface area contributed by atoms with Crippen molar-refractivity contribution in [2.24, 2.45) is 0 Å². The zero-order valence-electron chi connectivity index (χ0n) is 10.9. The number of hydrogen-bond acceptors (Lipinski definition) is 1. The Hall–Kier alpha value is -1.31. The first-order chi connectivity index (χ1) is 9.65. The first-order valence-corrected chi connectivity index (χ1v) is 7.43. The van der Waals surface area contributed by atoms with Crippen LogP contribution in [0, 0.1) is 0 Å². The molecular weight excluding hydrogens is 291 g/mol. The second-order valence-electron chi connectivity index (χ2n) is 5.22. The minimum Gasteiger partial charge on any atom is -0.299 e. The Labute approximate surface area is 128 Å². The fraction of sp³-hybridized carbons (Fsp3) is 0.235. The number of rotatable bonds is 4. The van der Waals surface area contributed by atoms with Gasteiger partial charge in [0.2, 0.25) is 0 Å². The summed E-state index contributed by atoms with van der Waals surface area (Å²) < 4.78 is 0. The fourth-order valence-corrected chi connectivity index (χ4v) is 3.32. The highest BCUT2D eigenvalue weighted by atomic mass is 35.5. The molecule has 0 saturated heterocycles. The highest BCUT2D eigenvalue weighted by Crippen LogP contribution is 2.37. The maximum absolute atomic E-state index is 12.2. The molecule has 0 bridgehead atoms. The van der Waals surface area contributed by atoms with E-state index in [1.165, 1.54) is 11.1 Å². The van der Waals surface area contributed by atoms with Gasteiger partial charge in [0.1, 0.15) is 5.78 Å². The van der Waals surface area contributed by atoms with Crippen molar-refractivity contribution in [3.63, 3.8) is 0 Å². The van der Waals surface area contributed by atoms with Crippen molar-refractivity contribution in [2.45, 2.75) is 25.2 Å². The van der Waals surface area contributed by atoms with Gasteiger partial charge >= 0.3 is 0 Å². The second-order valence-corrected chi connectivity index (χ2v) is 6.03. The Kier molecular flexibility index (Phi) is 3.82. The smallest absolute Gasteiger partial charge is 0.137 e. The Balaban J connectivity index is 1.67. The highest BCUT2D eigenvalue weighted by molar-refractivity contribution is 6.36. The van der Waals surface area contributed by atoms with Crippen molar-refractivity contribution in [3.05, 3.63) is 69.2 Å². The third-order valence-corrected chi connectivity index (χ3v) is 4.58. The molecule has 0 N–H and O–H groups in total. The molecule has 1 aliphatic carbocycles. The van der Waals surface area contributed by atoms with E-state index < -0.39 is 0 Å². The Morgan fingerprint density at radius 1 is 1.05 bits per heavy atom. The van der Waals surface area contributed by atoms with Crippen LogP contribution in [-0.4, -0.2) is 5.78 Å². The van der Waals surface area contributed by atoms with E-state index in [-0.39, 0.29) is 5.78 Å². The number of carbonyl (C=O) groups excluding carboxylic acids is 1. The molecule has 2 aromatic carbocycles. The molecule has 3 rings (SSSR count). The van der Waals surface area contributed by atoms with Crippen molar-refractivity contribution in [2.75, 3.05) is 0 Å². The summed E-state index contributed by atoms with van der Waals surface area (Å²) in [5.74, 6) is 0.555. The molecule has 1 unspecified atom stereocenters. The predicted octanol–water partition coefficient (Wildman–Crippen LogP) is 4.84. The number of hydrogen-bond donors (Lipinski definition) is 0. The first kappa shape index (κ1) is 13.7. The summed E-state index contributed by atoms with van der Waals surface area (Å²) in [6, 6.07) is 13.6. The van der Waals surface area contributed by atoms with Gasteiger partial charge < -0.3 is 0 Å². The van der Waals surface area contributed by atoms with E-state index in [0.717, 1.165) is 12.0 Å². The van der Waals surface area contributed by atoms with Crippen LogP contribution in [0.25, 0.3) is 0 Å². The number of halogens is 2. The molecule has 0 saturated carbocycles. The van der Waals surface area contributed by atoms with Crippen LogP contribution in [0.4, 0.5) is 0 Å². The van der Waals surface area contributed by atoms with Crippen LogP contribution in [0.5, 0.6) is 0 Å². The highest BCUT2D eigenvalue weighted by Gasteiger charge is 2.27. The van der Waals surface area contributed by atoms with Gasteiger partial charge in [-0.1, -0.05) is 53.5 Å². The quantitative estimate of drug-likeness (QED) is 0.790. The maximum Gasteiger partial charge on any atom is 0.137 e. The number of ketones is 1. The molecule has 0 heterocycles. The van der Waals surface area contributed by atoms with E-state index in [9.17, 15) is 4.79 Å². The minimum atomic E-state index is 0.194. The van der Waals surface area contributed by atoms with Crippen LogP contribution in [0.15, 0.2) is 42.5 Å². The third kappa shape index (κ3) is 2.61. The van der Waals surface area contributed by atoms with Gasteiger partial charge in [-0.25, -0.2) is 0 Å². The van der Waals surface area contributed by atoms with Gasteiger partial charge in [0.15, 0.2) is 0 Å². The molecule has 20 heavy (non-hydrogen) atoms. The molecule has 1 atom stereocenters. The standard InChI is InChI=1S/C17H14Cl2O/c18-16-6-3-7-17(19)15(16)10-13(20)9-12-8-11-4-1-2-5-14(11)12/h1-7,12H,8-10H2. The topological polar surface area (TPSA) is 17.1 Å². The summed E-state index contributed by atoms with van der Waals surface area (Å²) in [4.78, 5) is 12.2. The summed E-state index contributed by atoms with van der Waals surface area (Å²) in [5, 5.41) is 1.14. The number of fused-ring (bicyclic) bond motifs is 1. The van der Waals surface area contributed by atoms with Crippen LogP contribution in [0.3, 0.4) is 0 Å². The number of benzene rings is 2. The molecule has 2 aromatic rings. The second kappa shape index (κ2) is 5.59. The summed E-state index contributed by atoms with van der Waals surface area (Å²) in [6.07, 6.45) is 1.88. The average Bonchev–Trinajstić information content (AvgIpc) is 2.40. The monoisotopic (exact) mass is 304 g/mol. The lowest BCUT2D eigenvalue weighted by Crippen LogP contribution is -2.21. The van der Waals surface area contributed by atoms with Crippen LogP contribution in [-0.2, 0) is 17.6 Å². The van der Waals surface area contributed by atoms with Gasteiger partial charge in [-0.15, -0.1) is 0 Å². The van der Waals surface area contributed by atoms with E-state index in [0.29, 0.717) is 28.8 Å². The molecule has 102 valence electrons. The van der Waals surface area contributed by atoms with Crippen molar-refractivity contribution in [1.29, 1.82) is 0 Å². The third-order valence-electron chi connectivity index (χ3n) is 3.87. The average molecular weight is 305 g/mol. The summed E-state index contributed by atoms with van der Waals surface area (Å²) in [5.41, 5.74) is 3.42. The van der Waals surface area contributed by atoms with Crippen LogP contribution < -0.4 is 0 Å². The lowest BCUT2D eigenvalue weighted by molar-refractivity contribution is -0.118. The Morgan fingerprint density at radius 3 is 2.45 bits per heavy atom. The molecular formula is C17H14Cl2O.